The Balaban J connectivity index is 2.23. The third-order valence-corrected chi connectivity index (χ3v) is 2.68. The van der Waals surface area contributed by atoms with E-state index in [4.69, 9.17) is 14.8 Å². The summed E-state index contributed by atoms with van der Waals surface area (Å²) in [7, 11) is -1.95. The molecule has 0 atom stereocenters. The first-order valence-electron chi connectivity index (χ1n) is 5.70. The van der Waals surface area contributed by atoms with Crippen LogP contribution >= 0.6 is 0 Å². The summed E-state index contributed by atoms with van der Waals surface area (Å²) in [5.74, 6) is -2.31. The van der Waals surface area contributed by atoms with E-state index < -0.39 is 31.2 Å². The molecule has 0 aliphatic carbocycles. The Hall–Kier alpha value is -1.99. The molecule has 0 unspecified atom stereocenters. The van der Waals surface area contributed by atoms with Gasteiger partial charge in [0.25, 0.3) is 0 Å². The van der Waals surface area contributed by atoms with E-state index in [-0.39, 0.29) is 16.8 Å². The summed E-state index contributed by atoms with van der Waals surface area (Å²) in [6, 6.07) is 6.44. The summed E-state index contributed by atoms with van der Waals surface area (Å²) in [6.07, 6.45) is 0. The largest absolute Gasteiger partial charge is 0.492 e. The fourth-order valence-electron chi connectivity index (χ4n) is 1.67. The van der Waals surface area contributed by atoms with Crippen LogP contribution in [0, 0.1) is 17.5 Å². The monoisotopic (exact) mass is 282 g/mol. The summed E-state index contributed by atoms with van der Waals surface area (Å²) in [4.78, 5) is 0. The molecule has 0 fully saturated rings. The summed E-state index contributed by atoms with van der Waals surface area (Å²) in [5.41, 5.74) is -0.517. The van der Waals surface area contributed by atoms with Crippen LogP contribution in [0.4, 0.5) is 13.2 Å². The van der Waals surface area contributed by atoms with E-state index in [1.165, 1.54) is 6.07 Å². The van der Waals surface area contributed by atoms with Gasteiger partial charge in [-0.1, -0.05) is 6.07 Å². The van der Waals surface area contributed by atoms with E-state index in [9.17, 15) is 13.2 Å². The van der Waals surface area contributed by atoms with Crippen LogP contribution < -0.4 is 10.2 Å². The summed E-state index contributed by atoms with van der Waals surface area (Å²) < 4.78 is 44.9. The van der Waals surface area contributed by atoms with Crippen LogP contribution in [-0.4, -0.2) is 17.2 Å². The van der Waals surface area contributed by atoms with Crippen LogP contribution in [0.5, 0.6) is 5.75 Å². The predicted molar refractivity (Wildman–Crippen MR) is 66.9 cm³/mol. The predicted octanol–water partition coefficient (Wildman–Crippen LogP) is 1.36. The first kappa shape index (κ1) is 14.4. The van der Waals surface area contributed by atoms with Gasteiger partial charge in [0.1, 0.15) is 29.8 Å². The maximum Gasteiger partial charge on any atom is 0.492 e. The van der Waals surface area contributed by atoms with Crippen molar-refractivity contribution in [3.63, 3.8) is 0 Å². The molecule has 20 heavy (non-hydrogen) atoms. The lowest BCUT2D eigenvalue weighted by Crippen LogP contribution is -2.31. The topological polar surface area (TPSA) is 49.7 Å². The zero-order valence-electron chi connectivity index (χ0n) is 10.2. The minimum atomic E-state index is -1.95. The molecule has 3 nitrogen and oxygen atoms in total. The molecular weight excluding hydrogens is 272 g/mol. The highest BCUT2D eigenvalue weighted by Crippen LogP contribution is 2.16. The van der Waals surface area contributed by atoms with Crippen molar-refractivity contribution in [3.05, 3.63) is 59.4 Å². The number of halogens is 3. The zero-order chi connectivity index (χ0) is 14.7. The van der Waals surface area contributed by atoms with Gasteiger partial charge in [0.05, 0.1) is 5.56 Å². The van der Waals surface area contributed by atoms with Crippen molar-refractivity contribution in [1.29, 1.82) is 0 Å². The quantitative estimate of drug-likeness (QED) is 0.832. The molecule has 0 radical (unpaired) electrons. The van der Waals surface area contributed by atoms with Gasteiger partial charge in [0.15, 0.2) is 0 Å². The average molecular weight is 282 g/mol. The van der Waals surface area contributed by atoms with Gasteiger partial charge in [0.2, 0.25) is 0 Å². The van der Waals surface area contributed by atoms with Crippen LogP contribution in [0.1, 0.15) is 5.56 Å². The van der Waals surface area contributed by atoms with E-state index >= 15 is 0 Å². The second kappa shape index (κ2) is 5.98. The number of ether oxygens (including phenoxy) is 1. The minimum absolute atomic E-state index is 0.0657. The van der Waals surface area contributed by atoms with Crippen LogP contribution in [-0.2, 0) is 6.61 Å². The summed E-state index contributed by atoms with van der Waals surface area (Å²) in [5, 5.41) is 18.2. The molecule has 0 aliphatic rings. The van der Waals surface area contributed by atoms with Crippen molar-refractivity contribution in [2.24, 2.45) is 0 Å². The first-order valence-corrected chi connectivity index (χ1v) is 5.70. The Morgan fingerprint density at radius 1 is 1.00 bits per heavy atom. The Labute approximate surface area is 113 Å². The number of rotatable bonds is 4. The normalized spacial score (nSPS) is 10.4. The lowest BCUT2D eigenvalue weighted by molar-refractivity contribution is 0.293. The molecule has 0 aliphatic heterocycles. The summed E-state index contributed by atoms with van der Waals surface area (Å²) >= 11 is 0. The van der Waals surface area contributed by atoms with Gasteiger partial charge in [0, 0.05) is 5.46 Å². The molecule has 0 amide bonds. The van der Waals surface area contributed by atoms with Gasteiger partial charge in [-0.15, -0.1) is 0 Å². The fraction of sp³-hybridized carbons (Fsp3) is 0.0769. The van der Waals surface area contributed by atoms with E-state index in [1.807, 2.05) is 0 Å². The molecule has 2 N–H and O–H groups in total. The van der Waals surface area contributed by atoms with E-state index in [1.54, 1.807) is 0 Å². The maximum absolute atomic E-state index is 13.4. The minimum Gasteiger partial charge on any atom is -0.489 e. The van der Waals surface area contributed by atoms with Crippen molar-refractivity contribution in [2.45, 2.75) is 6.61 Å². The third-order valence-electron chi connectivity index (χ3n) is 2.68. The van der Waals surface area contributed by atoms with Crippen molar-refractivity contribution in [1.82, 2.24) is 0 Å². The van der Waals surface area contributed by atoms with Gasteiger partial charge in [-0.25, -0.2) is 13.2 Å². The highest BCUT2D eigenvalue weighted by Gasteiger charge is 2.19. The lowest BCUT2D eigenvalue weighted by Gasteiger charge is -2.12. The molecule has 0 saturated carbocycles. The zero-order valence-corrected chi connectivity index (χ0v) is 10.2. The third kappa shape index (κ3) is 3.12. The molecule has 2 rings (SSSR count). The molecule has 0 spiro atoms. The molecule has 2 aromatic rings. The lowest BCUT2D eigenvalue weighted by atomic mass is 9.79. The Morgan fingerprint density at radius 2 is 1.65 bits per heavy atom. The van der Waals surface area contributed by atoms with Crippen LogP contribution in [0.3, 0.4) is 0 Å². The molecule has 7 heteroatoms. The van der Waals surface area contributed by atoms with Gasteiger partial charge >= 0.3 is 7.12 Å². The standard InChI is InChI=1S/C13H10BF3O3/c15-8-4-5-13(10(6-8)14(18)19)20-7-9-11(16)2-1-3-12(9)17/h1-6,18-19H,7H2. The average Bonchev–Trinajstić information content (AvgIpc) is 2.39. The SMILES string of the molecule is OB(O)c1cc(F)ccc1OCc1c(F)cccc1F. The van der Waals surface area contributed by atoms with Crippen molar-refractivity contribution < 1.29 is 28.0 Å². The Kier molecular flexibility index (Phi) is 4.31. The van der Waals surface area contributed by atoms with E-state index in [0.29, 0.717) is 0 Å². The molecular formula is C13H10BF3O3. The fourth-order valence-corrected chi connectivity index (χ4v) is 1.67. The molecule has 104 valence electrons. The van der Waals surface area contributed by atoms with Gasteiger partial charge in [-0.3, -0.25) is 0 Å². The van der Waals surface area contributed by atoms with Crippen molar-refractivity contribution in [3.8, 4) is 5.75 Å². The van der Waals surface area contributed by atoms with Crippen LogP contribution in [0.2, 0.25) is 0 Å². The molecule has 0 saturated heterocycles. The second-order valence-electron chi connectivity index (χ2n) is 4.04. The molecule has 2 aromatic carbocycles. The van der Waals surface area contributed by atoms with Gasteiger partial charge in [-0.05, 0) is 30.3 Å². The summed E-state index contributed by atoms with van der Waals surface area (Å²) in [6.45, 7) is -0.455. The Bertz CT molecular complexity index is 600. The van der Waals surface area contributed by atoms with Gasteiger partial charge in [-0.2, -0.15) is 0 Å². The van der Waals surface area contributed by atoms with Crippen LogP contribution in [0.15, 0.2) is 36.4 Å². The van der Waals surface area contributed by atoms with Gasteiger partial charge < -0.3 is 14.8 Å². The highest BCUT2D eigenvalue weighted by molar-refractivity contribution is 6.59. The van der Waals surface area contributed by atoms with E-state index in [2.05, 4.69) is 0 Å². The van der Waals surface area contributed by atoms with E-state index in [0.717, 1.165) is 30.3 Å². The molecule has 0 bridgehead atoms. The Morgan fingerprint density at radius 3 is 2.25 bits per heavy atom. The number of hydrogen-bond acceptors (Lipinski definition) is 3. The number of hydrogen-bond donors (Lipinski definition) is 2. The van der Waals surface area contributed by atoms with Crippen molar-refractivity contribution in [2.75, 3.05) is 0 Å². The first-order chi connectivity index (χ1) is 9.49. The maximum atomic E-state index is 13.4. The molecule has 0 heterocycles. The smallest absolute Gasteiger partial charge is 0.489 e. The number of benzene rings is 2. The highest BCUT2D eigenvalue weighted by atomic mass is 19.1. The van der Waals surface area contributed by atoms with Crippen molar-refractivity contribution >= 4 is 12.6 Å². The van der Waals surface area contributed by atoms with Crippen LogP contribution in [0.25, 0.3) is 0 Å². The second-order valence-corrected chi connectivity index (χ2v) is 4.04. The molecule has 0 aromatic heterocycles.